The van der Waals surface area contributed by atoms with Crippen LogP contribution in [0.2, 0.25) is 0 Å². The van der Waals surface area contributed by atoms with Crippen LogP contribution in [0.4, 0.5) is 0 Å². The van der Waals surface area contributed by atoms with Gasteiger partial charge in [-0.1, -0.05) is 237 Å². The fourth-order valence-electron chi connectivity index (χ4n) is 7.90. The van der Waals surface area contributed by atoms with Crippen LogP contribution in [-0.4, -0.2) is 73.9 Å². The smallest absolute Gasteiger partial charge is 0.799 e. The van der Waals surface area contributed by atoms with E-state index < -0.39 is 44.2 Å². The predicted molar refractivity (Wildman–Crippen MR) is 338 cm³/mol. The zero-order chi connectivity index (χ0) is 60.9. The van der Waals surface area contributed by atoms with Crippen LogP contribution in [0, 0.1) is 0 Å². The van der Waals surface area contributed by atoms with Crippen molar-refractivity contribution in [2.75, 3.05) is 73.9 Å². The van der Waals surface area contributed by atoms with E-state index >= 15 is 0 Å². The molecule has 0 aromatic rings. The van der Waals surface area contributed by atoms with Crippen molar-refractivity contribution in [2.24, 2.45) is 0 Å². The molecule has 0 bridgehead atoms. The summed E-state index contributed by atoms with van der Waals surface area (Å²) in [7, 11) is -18.0. The van der Waals surface area contributed by atoms with Gasteiger partial charge in [0.2, 0.25) is 0 Å². The second kappa shape index (κ2) is 67.3. The Kier molecular flexibility index (Phi) is 80.5. The van der Waals surface area contributed by atoms with E-state index in [0.717, 1.165) is 231 Å². The summed E-state index contributed by atoms with van der Waals surface area (Å²) in [5, 5.41) is 0. The Morgan fingerprint density at radius 2 is 0.228 bits per heavy atom. The van der Waals surface area contributed by atoms with Crippen LogP contribution in [0.5, 0.6) is 0 Å². The molecular weight excluding hydrogens is 1190 g/mol. The SMILES string of the molecule is CCCCCP(=O)([O-])CCCCC.CCCCCP(=O)([O-])CCCCC.CCCCCP(=O)([O-])CCCCC.CCCCCP(=O)([O-])CCCCC.CCCCCP(=O)([O-])CCCCC.CCCCCP(=O)([O-])CCCCC.[Mo+6]. The molecule has 0 saturated carbocycles. The molecule has 0 aromatic heterocycles. The second-order valence-electron chi connectivity index (χ2n) is 22.1. The Hall–Kier alpha value is 1.83. The molecule has 0 unspecified atom stereocenters. The van der Waals surface area contributed by atoms with E-state index in [9.17, 15) is 56.8 Å². The van der Waals surface area contributed by atoms with Gasteiger partial charge in [0, 0.05) is 44.2 Å². The molecule has 0 aromatic carbocycles. The third-order valence-corrected chi connectivity index (χ3v) is 25.2. The molecule has 0 spiro atoms. The Morgan fingerprint density at radius 3 is 0.278 bits per heavy atom. The summed E-state index contributed by atoms with van der Waals surface area (Å²) in [6.45, 7) is 25.1. The van der Waals surface area contributed by atoms with Crippen molar-refractivity contribution >= 4 is 44.2 Å². The first kappa shape index (κ1) is 94.5. The zero-order valence-electron chi connectivity index (χ0n) is 53.9. The standard InChI is InChI=1S/6C10H23O2P.Mo/c6*1-3-5-7-9-13(11,12)10-8-6-4-2;/h6*3-10H2,1-2H3,(H,11,12);/q;;;;;;+6/p-6. The van der Waals surface area contributed by atoms with Crippen molar-refractivity contribution < 1.29 is 77.8 Å². The number of hydrogen-bond donors (Lipinski definition) is 0. The van der Waals surface area contributed by atoms with Crippen molar-refractivity contribution in [3.05, 3.63) is 0 Å². The van der Waals surface area contributed by atoms with Gasteiger partial charge < -0.3 is 56.8 Å². The molecule has 0 saturated heterocycles. The van der Waals surface area contributed by atoms with Gasteiger partial charge in [0.15, 0.2) is 0 Å². The van der Waals surface area contributed by atoms with Gasteiger partial charge in [-0.05, 0) is 151 Å². The minimum absolute atomic E-state index is 0. The van der Waals surface area contributed by atoms with Crippen LogP contribution in [-0.2, 0) is 48.5 Å². The Morgan fingerprint density at radius 1 is 0.165 bits per heavy atom. The van der Waals surface area contributed by atoms with Crippen LogP contribution >= 0.6 is 44.2 Å². The summed E-state index contributed by atoms with van der Waals surface area (Å²) < 4.78 is 68.4. The van der Waals surface area contributed by atoms with Gasteiger partial charge in [0.25, 0.3) is 0 Å². The molecule has 0 amide bonds. The summed E-state index contributed by atoms with van der Waals surface area (Å²) >= 11 is 0. The van der Waals surface area contributed by atoms with E-state index in [1.807, 2.05) is 0 Å². The molecule has 0 aliphatic rings. The average Bonchev–Trinajstić information content (AvgIpc) is 3.35. The second-order valence-corrected chi connectivity index (χ2v) is 37.2. The van der Waals surface area contributed by atoms with Crippen LogP contribution in [0.15, 0.2) is 0 Å². The maximum Gasteiger partial charge on any atom is 6.00 e. The van der Waals surface area contributed by atoms with Crippen LogP contribution < -0.4 is 29.4 Å². The van der Waals surface area contributed by atoms with Crippen LogP contribution in [0.1, 0.15) is 314 Å². The Labute approximate surface area is 507 Å². The summed E-state index contributed by atoms with van der Waals surface area (Å²) in [6.07, 6.45) is 40.9. The van der Waals surface area contributed by atoms with E-state index in [-0.39, 0.29) is 21.1 Å². The summed E-state index contributed by atoms with van der Waals surface area (Å²) in [6, 6.07) is 0. The van der Waals surface area contributed by atoms with Crippen molar-refractivity contribution in [1.82, 2.24) is 0 Å². The van der Waals surface area contributed by atoms with E-state index in [1.165, 1.54) is 0 Å². The molecule has 0 fully saturated rings. The van der Waals surface area contributed by atoms with Gasteiger partial charge in [-0.3, -0.25) is 0 Å². The van der Waals surface area contributed by atoms with Gasteiger partial charge in [-0.2, -0.15) is 0 Å². The van der Waals surface area contributed by atoms with Gasteiger partial charge in [-0.15, -0.1) is 0 Å². The summed E-state index contributed by atoms with van der Waals surface area (Å²) in [5.74, 6) is 0. The number of hydrogen-bond acceptors (Lipinski definition) is 12. The quantitative estimate of drug-likeness (QED) is 0.0314. The normalized spacial score (nSPS) is 11.8. The van der Waals surface area contributed by atoms with Crippen molar-refractivity contribution in [3.8, 4) is 0 Å². The third-order valence-electron chi connectivity index (χ3n) is 13.2. The number of unbranched alkanes of at least 4 members (excludes halogenated alkanes) is 24. The van der Waals surface area contributed by atoms with Gasteiger partial charge in [0.1, 0.15) is 0 Å². The van der Waals surface area contributed by atoms with Crippen molar-refractivity contribution in [2.45, 2.75) is 314 Å². The summed E-state index contributed by atoms with van der Waals surface area (Å²) in [4.78, 5) is 68.4. The maximum atomic E-state index is 11.4. The van der Waals surface area contributed by atoms with Gasteiger partial charge in [0.05, 0.1) is 0 Å². The van der Waals surface area contributed by atoms with Gasteiger partial charge >= 0.3 is 21.1 Å². The molecule has 12 nitrogen and oxygen atoms in total. The van der Waals surface area contributed by atoms with Crippen molar-refractivity contribution in [1.29, 1.82) is 0 Å². The monoisotopic (exact) mass is 1330 g/mol. The van der Waals surface area contributed by atoms with Crippen molar-refractivity contribution in [3.63, 3.8) is 0 Å². The molecule has 0 radical (unpaired) electrons. The van der Waals surface area contributed by atoms with E-state index in [2.05, 4.69) is 83.1 Å². The zero-order valence-corrected chi connectivity index (χ0v) is 61.3. The topological polar surface area (TPSA) is 241 Å². The molecule has 0 heterocycles. The maximum absolute atomic E-state index is 11.4. The molecule has 0 aliphatic heterocycles. The minimum atomic E-state index is -3.00. The first-order chi connectivity index (χ1) is 36.7. The van der Waals surface area contributed by atoms with E-state index in [4.69, 9.17) is 0 Å². The first-order valence-corrected chi connectivity index (χ1v) is 44.4. The third kappa shape index (κ3) is 88.7. The summed E-state index contributed by atoms with van der Waals surface area (Å²) in [5.41, 5.74) is 0. The van der Waals surface area contributed by atoms with Gasteiger partial charge in [-0.25, -0.2) is 0 Å². The molecule has 0 aliphatic carbocycles. The van der Waals surface area contributed by atoms with E-state index in [1.54, 1.807) is 0 Å². The largest absolute Gasteiger partial charge is 6.00 e. The molecular formula is C60H132MoO12P6. The Bertz CT molecular complexity index is 1140. The number of rotatable bonds is 48. The first-order valence-electron chi connectivity index (χ1n) is 32.5. The average molecular weight is 1330 g/mol. The predicted octanol–water partition coefficient (Wildman–Crippen LogP) is 18.0. The Balaban J connectivity index is -0.000000157. The van der Waals surface area contributed by atoms with Crippen LogP contribution in [0.25, 0.3) is 0 Å². The molecule has 79 heavy (non-hydrogen) atoms. The molecule has 480 valence electrons. The molecule has 0 rings (SSSR count). The van der Waals surface area contributed by atoms with Crippen LogP contribution in [0.3, 0.4) is 0 Å². The fraction of sp³-hybridized carbons (Fsp3) is 1.00. The molecule has 0 N–H and O–H groups in total. The van der Waals surface area contributed by atoms with E-state index in [0.29, 0.717) is 73.9 Å². The minimum Gasteiger partial charge on any atom is -0.799 e. The molecule has 0 atom stereocenters. The molecule has 19 heteroatoms. The fourth-order valence-corrected chi connectivity index (χ4v) is 17.7.